The van der Waals surface area contributed by atoms with E-state index in [1.807, 2.05) is 92.9 Å². The number of piperidine rings is 3. The normalized spacial score (nSPS) is 17.1. The lowest BCUT2D eigenvalue weighted by atomic mass is 9.88. The van der Waals surface area contributed by atoms with Crippen LogP contribution >= 0.6 is 11.3 Å². The van der Waals surface area contributed by atoms with Crippen LogP contribution in [0.5, 0.6) is 0 Å². The van der Waals surface area contributed by atoms with Crippen molar-refractivity contribution in [1.29, 1.82) is 0 Å². The van der Waals surface area contributed by atoms with Gasteiger partial charge in [-0.15, -0.1) is 24.5 Å². The standard InChI is InChI=1S/C55H66N8O6S.C2H6.C2H4.CH4/c1-36-11-17-43(58-44-33-56-34-44)32-45(36)54(68)57-37(2)41-15-14-40(46(30-41)50-8-7-29-70-50)13-12-38-21-25-61(26-22-38)52(66)9-5-6-10-53(67)62-27-23-39(24-28-62)42-16-18-47(49(31-42)60(3)4)63(35-64)48-19-20-51(65)59-55(48)69;2*1-2;/h7-8,11,14-18,29-32,35,37-39,44,48,56,58H,5-6,9-10,19-28,33-34H2,1-4H3,(H,57,68)(H,59,65,69);1-2H3;1-2H2;1H4. The van der Waals surface area contributed by atoms with Crippen LogP contribution in [0.3, 0.4) is 0 Å². The Balaban J connectivity index is 0.00000203. The maximum atomic E-state index is 13.5. The zero-order chi connectivity index (χ0) is 53.3. The molecule has 4 aliphatic heterocycles. The SMILES string of the molecule is C.C=C.CC.Cc1ccc(NC2CNC2)cc1C(=O)NC(C)c1ccc(C#CC2CCN(C(=O)CCCCC(=O)N3CCC(c4ccc(N(C=O)C5CCC(=O)NC5=O)c(N(C)C)c4)CC3)CC2)c(-c2cccs2)c1. The number of carbonyl (C=O) groups is 6. The summed E-state index contributed by atoms with van der Waals surface area (Å²) in [5.74, 6) is 6.81. The largest absolute Gasteiger partial charge is 0.380 e. The van der Waals surface area contributed by atoms with Gasteiger partial charge in [0.05, 0.1) is 23.5 Å². The van der Waals surface area contributed by atoms with Crippen molar-refractivity contribution >= 4 is 64.3 Å². The lowest BCUT2D eigenvalue weighted by molar-refractivity contribution is -0.135. The molecule has 8 rings (SSSR count). The van der Waals surface area contributed by atoms with Crippen molar-refractivity contribution in [2.24, 2.45) is 5.92 Å². The molecular weight excluding hydrogens is 961 g/mol. The average Bonchev–Trinajstić information content (AvgIpc) is 3.96. The third-order valence-electron chi connectivity index (χ3n) is 14.3. The molecule has 15 heteroatoms. The summed E-state index contributed by atoms with van der Waals surface area (Å²) >= 11 is 1.67. The molecule has 4 aromatic rings. The second-order valence-electron chi connectivity index (χ2n) is 19.4. The fourth-order valence-electron chi connectivity index (χ4n) is 9.92. The predicted molar refractivity (Wildman–Crippen MR) is 305 cm³/mol. The van der Waals surface area contributed by atoms with Crippen LogP contribution in [0.1, 0.15) is 137 Å². The van der Waals surface area contributed by atoms with Crippen LogP contribution in [-0.4, -0.2) is 111 Å². The summed E-state index contributed by atoms with van der Waals surface area (Å²) in [6.07, 6.45) is 6.56. The van der Waals surface area contributed by atoms with Gasteiger partial charge in [-0.3, -0.25) is 34.1 Å². The van der Waals surface area contributed by atoms with E-state index >= 15 is 0 Å². The summed E-state index contributed by atoms with van der Waals surface area (Å²) in [7, 11) is 3.79. The highest BCUT2D eigenvalue weighted by molar-refractivity contribution is 7.13. The Kier molecular flexibility index (Phi) is 22.7. The Morgan fingerprint density at radius 1 is 0.867 bits per heavy atom. The van der Waals surface area contributed by atoms with E-state index in [0.29, 0.717) is 75.6 Å². The van der Waals surface area contributed by atoms with E-state index in [9.17, 15) is 28.8 Å². The van der Waals surface area contributed by atoms with E-state index in [1.165, 1.54) is 4.90 Å². The highest BCUT2D eigenvalue weighted by atomic mass is 32.1. The third-order valence-corrected chi connectivity index (χ3v) is 15.2. The Morgan fingerprint density at radius 2 is 1.53 bits per heavy atom. The molecule has 0 bridgehead atoms. The number of hydrogen-bond donors (Lipinski definition) is 4. The van der Waals surface area contributed by atoms with E-state index in [0.717, 1.165) is 82.8 Å². The Bertz CT molecular complexity index is 2640. The quantitative estimate of drug-likeness (QED) is 0.0282. The van der Waals surface area contributed by atoms with Crippen molar-refractivity contribution in [2.45, 2.75) is 123 Å². The van der Waals surface area contributed by atoms with Crippen molar-refractivity contribution in [3.8, 4) is 22.3 Å². The van der Waals surface area contributed by atoms with Crippen molar-refractivity contribution in [2.75, 3.05) is 68.5 Å². The third kappa shape index (κ3) is 15.4. The van der Waals surface area contributed by atoms with Gasteiger partial charge < -0.3 is 35.6 Å². The molecule has 4 saturated heterocycles. The molecule has 2 unspecified atom stereocenters. The molecule has 0 spiro atoms. The molecule has 2 atom stereocenters. The lowest BCUT2D eigenvalue weighted by Gasteiger charge is -2.35. The molecule has 4 N–H and O–H groups in total. The fourth-order valence-corrected chi connectivity index (χ4v) is 10.7. The highest BCUT2D eigenvalue weighted by Gasteiger charge is 2.34. The number of rotatable bonds is 16. The van der Waals surface area contributed by atoms with E-state index in [4.69, 9.17) is 0 Å². The molecular formula is C60H80N8O6S. The average molecular weight is 1040 g/mol. The van der Waals surface area contributed by atoms with Gasteiger partial charge in [-0.05, 0) is 129 Å². The van der Waals surface area contributed by atoms with E-state index in [1.54, 1.807) is 11.3 Å². The number of amides is 6. The minimum atomic E-state index is -0.754. The number of anilines is 3. The van der Waals surface area contributed by atoms with Crippen LogP contribution < -0.4 is 31.1 Å². The maximum absolute atomic E-state index is 13.5. The van der Waals surface area contributed by atoms with Gasteiger partial charge in [-0.25, -0.2) is 0 Å². The summed E-state index contributed by atoms with van der Waals surface area (Å²) in [4.78, 5) is 85.0. The van der Waals surface area contributed by atoms with Crippen molar-refractivity contribution < 1.29 is 28.8 Å². The van der Waals surface area contributed by atoms with Crippen LogP contribution in [0.15, 0.2) is 85.3 Å². The molecule has 4 aliphatic rings. The van der Waals surface area contributed by atoms with Crippen LogP contribution in [0.4, 0.5) is 17.1 Å². The van der Waals surface area contributed by atoms with Gasteiger partial charge in [-0.1, -0.05) is 57.4 Å². The monoisotopic (exact) mass is 1040 g/mol. The van der Waals surface area contributed by atoms with Gasteiger partial charge >= 0.3 is 0 Å². The summed E-state index contributed by atoms with van der Waals surface area (Å²) in [6.45, 7) is 18.5. The fraction of sp³-hybridized carbons (Fsp3) is 0.467. The smallest absolute Gasteiger partial charge is 0.252 e. The topological polar surface area (TPSA) is 163 Å². The van der Waals surface area contributed by atoms with Crippen LogP contribution in [0.25, 0.3) is 10.4 Å². The molecule has 4 fully saturated rings. The number of imide groups is 1. The van der Waals surface area contributed by atoms with Crippen molar-refractivity contribution in [3.63, 3.8) is 0 Å². The zero-order valence-corrected chi connectivity index (χ0v) is 45.1. The van der Waals surface area contributed by atoms with Crippen molar-refractivity contribution in [1.82, 2.24) is 25.8 Å². The molecule has 5 heterocycles. The van der Waals surface area contributed by atoms with Crippen molar-refractivity contribution in [3.05, 3.63) is 113 Å². The number of hydrogen-bond acceptors (Lipinski definition) is 10. The van der Waals surface area contributed by atoms with Crippen LogP contribution in [-0.2, 0) is 24.0 Å². The van der Waals surface area contributed by atoms with Gasteiger partial charge in [0, 0.05) is 106 Å². The summed E-state index contributed by atoms with van der Waals surface area (Å²) in [5.41, 5.74) is 8.08. The minimum Gasteiger partial charge on any atom is -0.380 e. The number of carbonyl (C=O) groups excluding carboxylic acids is 6. The van der Waals surface area contributed by atoms with Crippen LogP contribution in [0.2, 0.25) is 0 Å². The molecule has 75 heavy (non-hydrogen) atoms. The van der Waals surface area contributed by atoms with E-state index in [2.05, 4.69) is 82.0 Å². The molecule has 3 aromatic carbocycles. The second-order valence-corrected chi connectivity index (χ2v) is 20.4. The first kappa shape index (κ1) is 59.1. The van der Waals surface area contributed by atoms with E-state index in [-0.39, 0.29) is 61.8 Å². The first-order chi connectivity index (χ1) is 35.8. The summed E-state index contributed by atoms with van der Waals surface area (Å²) in [6, 6.07) is 21.7. The molecule has 0 aliphatic carbocycles. The molecule has 0 saturated carbocycles. The molecule has 402 valence electrons. The number of nitrogens with one attached hydrogen (secondary N) is 4. The first-order valence-corrected chi connectivity index (χ1v) is 27.3. The number of aryl methyl sites for hydroxylation is 1. The van der Waals surface area contributed by atoms with Gasteiger partial charge in [0.1, 0.15) is 6.04 Å². The lowest BCUT2D eigenvalue weighted by Crippen LogP contribution is -2.52. The molecule has 6 amide bonds. The number of benzene rings is 3. The summed E-state index contributed by atoms with van der Waals surface area (Å²) < 4.78 is 0. The Hall–Kier alpha value is -6.76. The number of nitrogens with zero attached hydrogens (tertiary/aromatic N) is 4. The minimum absolute atomic E-state index is 0. The molecule has 1 aromatic heterocycles. The predicted octanol–water partition coefficient (Wildman–Crippen LogP) is 9.45. The number of unbranched alkanes of at least 4 members (excludes halogenated alkanes) is 1. The maximum Gasteiger partial charge on any atom is 0.252 e. The highest BCUT2D eigenvalue weighted by Crippen LogP contribution is 2.37. The zero-order valence-electron chi connectivity index (χ0n) is 44.3. The van der Waals surface area contributed by atoms with Gasteiger partial charge in [0.2, 0.25) is 30.0 Å². The van der Waals surface area contributed by atoms with E-state index < -0.39 is 11.9 Å². The first-order valence-electron chi connectivity index (χ1n) is 26.4. The second kappa shape index (κ2) is 28.8. The molecule has 0 radical (unpaired) electrons. The Morgan fingerprint density at radius 3 is 2.12 bits per heavy atom. The van der Waals surface area contributed by atoms with Crippen LogP contribution in [0, 0.1) is 24.7 Å². The van der Waals surface area contributed by atoms with Gasteiger partial charge in [-0.2, -0.15) is 0 Å². The number of thiophene rings is 1. The Labute approximate surface area is 450 Å². The van der Waals surface area contributed by atoms with Gasteiger partial charge in [0.15, 0.2) is 0 Å². The molecule has 14 nitrogen and oxygen atoms in total. The summed E-state index contributed by atoms with van der Waals surface area (Å²) in [5, 5.41) is 14.4. The number of likely N-dealkylation sites (tertiary alicyclic amines) is 2. The van der Waals surface area contributed by atoms with Gasteiger partial charge in [0.25, 0.3) is 5.91 Å².